The number of nitrogens with one attached hydrogen (secondary N) is 1. The number of carbonyl (C=O) groups is 2. The minimum Gasteiger partial charge on any atom is -0.481 e. The number of hydrogen-bond donors (Lipinski definition) is 1. The number of esters is 1. The summed E-state index contributed by atoms with van der Waals surface area (Å²) in [5, 5.41) is 3.34. The molecular formula is C22H20Br2N2O4S. The second kappa shape index (κ2) is 10.5. The molecular weight excluding hydrogens is 548 g/mol. The summed E-state index contributed by atoms with van der Waals surface area (Å²) < 4.78 is 12.0. The van der Waals surface area contributed by atoms with Gasteiger partial charge >= 0.3 is 5.97 Å². The van der Waals surface area contributed by atoms with Gasteiger partial charge in [-0.2, -0.15) is 0 Å². The van der Waals surface area contributed by atoms with Crippen molar-refractivity contribution in [2.45, 2.75) is 20.8 Å². The minimum absolute atomic E-state index is 0.167. The lowest BCUT2D eigenvalue weighted by Gasteiger charge is -2.08. The second-order valence-electron chi connectivity index (χ2n) is 6.66. The average molecular weight is 568 g/mol. The topological polar surface area (TPSA) is 77.0 Å². The lowest BCUT2D eigenvalue weighted by atomic mass is 10.1. The summed E-state index contributed by atoms with van der Waals surface area (Å²) >= 11 is 8.27. The largest absolute Gasteiger partial charge is 0.481 e. The Bertz CT molecular complexity index is 1080. The lowest BCUT2D eigenvalue weighted by Crippen LogP contribution is -2.19. The third-order valence-corrected chi connectivity index (χ3v) is 6.99. The third-order valence-electron chi connectivity index (χ3n) is 4.21. The first-order valence-electron chi connectivity index (χ1n) is 9.41. The number of halogens is 2. The highest BCUT2D eigenvalue weighted by atomic mass is 79.9. The molecule has 0 bridgehead atoms. The normalized spacial score (nSPS) is 16.0. The van der Waals surface area contributed by atoms with E-state index in [1.165, 1.54) is 11.8 Å². The van der Waals surface area contributed by atoms with Gasteiger partial charge in [-0.1, -0.05) is 22.0 Å². The van der Waals surface area contributed by atoms with Gasteiger partial charge < -0.3 is 14.8 Å². The van der Waals surface area contributed by atoms with Crippen molar-refractivity contribution in [2.24, 2.45) is 4.99 Å². The number of rotatable bonds is 6. The Kier molecular flexibility index (Phi) is 7.96. The zero-order chi connectivity index (χ0) is 22.5. The second-order valence-corrected chi connectivity index (χ2v) is 9.34. The van der Waals surface area contributed by atoms with Crippen LogP contribution in [-0.2, 0) is 14.3 Å². The zero-order valence-electron chi connectivity index (χ0n) is 17.1. The molecule has 0 radical (unpaired) electrons. The van der Waals surface area contributed by atoms with Crippen molar-refractivity contribution in [1.82, 2.24) is 5.32 Å². The van der Waals surface area contributed by atoms with Crippen molar-refractivity contribution in [2.75, 3.05) is 13.2 Å². The summed E-state index contributed by atoms with van der Waals surface area (Å²) in [7, 11) is 0. The van der Waals surface area contributed by atoms with Gasteiger partial charge in [0.15, 0.2) is 11.8 Å². The number of benzene rings is 2. The van der Waals surface area contributed by atoms with Crippen molar-refractivity contribution in [3.05, 3.63) is 60.9 Å². The van der Waals surface area contributed by atoms with E-state index < -0.39 is 5.97 Å². The number of aliphatic imine (C=N–C) groups is 1. The molecule has 0 aromatic heterocycles. The Morgan fingerprint density at radius 2 is 1.90 bits per heavy atom. The third kappa shape index (κ3) is 6.21. The molecule has 0 atom stereocenters. The maximum absolute atomic E-state index is 12.4. The molecule has 1 fully saturated rings. The molecule has 0 unspecified atom stereocenters. The first kappa shape index (κ1) is 23.6. The predicted molar refractivity (Wildman–Crippen MR) is 131 cm³/mol. The molecule has 0 spiro atoms. The fraction of sp³-hybridized carbons (Fsp3) is 0.227. The Hall–Kier alpha value is -2.10. The van der Waals surface area contributed by atoms with Gasteiger partial charge in [0.1, 0.15) is 5.75 Å². The van der Waals surface area contributed by atoms with Gasteiger partial charge in [0, 0.05) is 4.47 Å². The van der Waals surface area contributed by atoms with E-state index in [9.17, 15) is 9.59 Å². The SMILES string of the molecule is CCOC(=O)COc1ccc(/C=C2\SC(=Nc3cc(C)c(Br)c(C)c3)NC2=O)cc1Br. The van der Waals surface area contributed by atoms with Gasteiger partial charge in [-0.3, -0.25) is 4.79 Å². The molecule has 31 heavy (non-hydrogen) atoms. The Labute approximate surface area is 201 Å². The van der Waals surface area contributed by atoms with Gasteiger partial charge in [-0.05, 0) is 95.5 Å². The Morgan fingerprint density at radius 3 is 2.55 bits per heavy atom. The van der Waals surface area contributed by atoms with E-state index in [1.54, 1.807) is 19.1 Å². The molecule has 1 amide bonds. The van der Waals surface area contributed by atoms with Crippen molar-refractivity contribution >= 4 is 72.4 Å². The Morgan fingerprint density at radius 1 is 1.19 bits per heavy atom. The van der Waals surface area contributed by atoms with Crippen LogP contribution in [0.15, 0.2) is 49.2 Å². The molecule has 9 heteroatoms. The van der Waals surface area contributed by atoms with Gasteiger partial charge in [-0.25, -0.2) is 9.79 Å². The summed E-state index contributed by atoms with van der Waals surface area (Å²) in [6.45, 7) is 5.89. The summed E-state index contributed by atoms with van der Waals surface area (Å²) in [5.74, 6) is -0.113. The van der Waals surface area contributed by atoms with Crippen LogP contribution in [0.4, 0.5) is 5.69 Å². The van der Waals surface area contributed by atoms with Crippen LogP contribution in [0.25, 0.3) is 6.08 Å². The summed E-state index contributed by atoms with van der Waals surface area (Å²) in [4.78, 5) is 28.9. The van der Waals surface area contributed by atoms with E-state index in [0.29, 0.717) is 26.9 Å². The summed E-state index contributed by atoms with van der Waals surface area (Å²) in [5.41, 5.74) is 3.76. The number of thioether (sulfide) groups is 1. The Balaban J connectivity index is 1.73. The van der Waals surface area contributed by atoms with Crippen LogP contribution >= 0.6 is 43.6 Å². The van der Waals surface area contributed by atoms with Crippen LogP contribution in [0.5, 0.6) is 5.75 Å². The van der Waals surface area contributed by atoms with Crippen LogP contribution in [0.2, 0.25) is 0 Å². The average Bonchev–Trinajstić information content (AvgIpc) is 3.04. The highest BCUT2D eigenvalue weighted by Crippen LogP contribution is 2.32. The van der Waals surface area contributed by atoms with E-state index in [0.717, 1.165) is 26.9 Å². The highest BCUT2D eigenvalue weighted by molar-refractivity contribution is 9.10. The summed E-state index contributed by atoms with van der Waals surface area (Å²) in [6, 6.07) is 9.28. The fourth-order valence-electron chi connectivity index (χ4n) is 2.80. The molecule has 2 aromatic carbocycles. The predicted octanol–water partition coefficient (Wildman–Crippen LogP) is 5.66. The monoisotopic (exact) mass is 566 g/mol. The van der Waals surface area contributed by atoms with E-state index in [2.05, 4.69) is 42.2 Å². The highest BCUT2D eigenvalue weighted by Gasteiger charge is 2.24. The molecule has 2 aromatic rings. The number of aryl methyl sites for hydroxylation is 2. The van der Waals surface area contributed by atoms with Gasteiger partial charge in [0.05, 0.1) is 21.7 Å². The molecule has 1 aliphatic rings. The van der Waals surface area contributed by atoms with Crippen molar-refractivity contribution in [3.63, 3.8) is 0 Å². The van der Waals surface area contributed by atoms with Gasteiger partial charge in [0.2, 0.25) is 0 Å². The van der Waals surface area contributed by atoms with Crippen LogP contribution in [-0.4, -0.2) is 30.3 Å². The van der Waals surface area contributed by atoms with Gasteiger partial charge in [-0.15, -0.1) is 0 Å². The maximum atomic E-state index is 12.4. The number of nitrogens with zero attached hydrogens (tertiary/aromatic N) is 1. The van der Waals surface area contributed by atoms with Gasteiger partial charge in [0.25, 0.3) is 5.91 Å². The molecule has 6 nitrogen and oxygen atoms in total. The zero-order valence-corrected chi connectivity index (χ0v) is 21.1. The van der Waals surface area contributed by atoms with E-state index in [1.807, 2.05) is 38.1 Å². The van der Waals surface area contributed by atoms with E-state index in [-0.39, 0.29) is 12.5 Å². The number of carbonyl (C=O) groups excluding carboxylic acids is 2. The van der Waals surface area contributed by atoms with Crippen molar-refractivity contribution in [3.8, 4) is 5.75 Å². The quantitative estimate of drug-likeness (QED) is 0.360. The fourth-order valence-corrected chi connectivity index (χ4v) is 4.38. The smallest absolute Gasteiger partial charge is 0.344 e. The molecule has 0 aliphatic carbocycles. The molecule has 1 heterocycles. The standard InChI is InChI=1S/C22H20Br2N2O4S/c1-4-29-19(27)11-30-17-6-5-14(9-16(17)23)10-18-21(28)26-22(31-18)25-15-7-12(2)20(24)13(3)8-15/h5-10H,4,11H2,1-3H3,(H,25,26,28)/b18-10-. The first-order valence-corrected chi connectivity index (χ1v) is 11.8. The number of amidine groups is 1. The summed E-state index contributed by atoms with van der Waals surface area (Å²) in [6.07, 6.45) is 1.78. The molecule has 1 aliphatic heterocycles. The molecule has 162 valence electrons. The lowest BCUT2D eigenvalue weighted by molar-refractivity contribution is -0.145. The van der Waals surface area contributed by atoms with Crippen LogP contribution in [0.3, 0.4) is 0 Å². The van der Waals surface area contributed by atoms with E-state index >= 15 is 0 Å². The number of ether oxygens (including phenoxy) is 2. The molecule has 1 saturated heterocycles. The van der Waals surface area contributed by atoms with Crippen molar-refractivity contribution in [1.29, 1.82) is 0 Å². The van der Waals surface area contributed by atoms with Crippen LogP contribution in [0.1, 0.15) is 23.6 Å². The number of amides is 1. The maximum Gasteiger partial charge on any atom is 0.344 e. The van der Waals surface area contributed by atoms with Crippen molar-refractivity contribution < 1.29 is 19.1 Å². The van der Waals surface area contributed by atoms with Crippen LogP contribution < -0.4 is 10.1 Å². The van der Waals surface area contributed by atoms with E-state index in [4.69, 9.17) is 9.47 Å². The minimum atomic E-state index is -0.428. The van der Waals surface area contributed by atoms with Crippen LogP contribution in [0, 0.1) is 13.8 Å². The number of hydrogen-bond acceptors (Lipinski definition) is 6. The molecule has 3 rings (SSSR count). The molecule has 1 N–H and O–H groups in total. The first-order chi connectivity index (χ1) is 14.8. The molecule has 0 saturated carbocycles.